The second kappa shape index (κ2) is 9.61. The molecule has 1 aliphatic heterocycles. The van der Waals surface area contributed by atoms with Crippen molar-refractivity contribution in [3.8, 4) is 0 Å². The summed E-state index contributed by atoms with van der Waals surface area (Å²) < 4.78 is 5.22. The van der Waals surface area contributed by atoms with E-state index in [-0.39, 0.29) is 0 Å². The summed E-state index contributed by atoms with van der Waals surface area (Å²) in [6, 6.07) is 15.5. The number of hydrogen-bond acceptors (Lipinski definition) is 5. The summed E-state index contributed by atoms with van der Waals surface area (Å²) in [5, 5.41) is 16.2. The SMILES string of the molecule is CC(C)(C)OC(=O)NCCCNc1ccc2c(c1)CN([C@](C)(C(=O)O)c1ccccc1)C2. The van der Waals surface area contributed by atoms with E-state index >= 15 is 0 Å². The van der Waals surface area contributed by atoms with E-state index in [1.807, 2.05) is 62.1 Å². The van der Waals surface area contributed by atoms with Crippen LogP contribution >= 0.6 is 0 Å². The third-order valence-corrected chi connectivity index (χ3v) is 5.66. The largest absolute Gasteiger partial charge is 0.480 e. The van der Waals surface area contributed by atoms with Gasteiger partial charge in [-0.25, -0.2) is 9.59 Å². The highest BCUT2D eigenvalue weighted by Crippen LogP contribution is 2.37. The molecule has 0 aromatic heterocycles. The first-order valence-corrected chi connectivity index (χ1v) is 11.0. The van der Waals surface area contributed by atoms with E-state index in [1.165, 1.54) is 0 Å². The number of rotatable bonds is 8. The molecule has 1 atom stereocenters. The van der Waals surface area contributed by atoms with Gasteiger partial charge in [-0.3, -0.25) is 4.90 Å². The van der Waals surface area contributed by atoms with Crippen LogP contribution in [0, 0.1) is 0 Å². The van der Waals surface area contributed by atoms with Crippen LogP contribution in [0.15, 0.2) is 48.5 Å². The summed E-state index contributed by atoms with van der Waals surface area (Å²) in [5.41, 5.74) is 2.44. The molecule has 3 rings (SSSR count). The Labute approximate surface area is 189 Å². The topological polar surface area (TPSA) is 90.9 Å². The van der Waals surface area contributed by atoms with Crippen LogP contribution in [0.5, 0.6) is 0 Å². The summed E-state index contributed by atoms with van der Waals surface area (Å²) in [4.78, 5) is 25.9. The number of anilines is 1. The summed E-state index contributed by atoms with van der Waals surface area (Å²) in [6.45, 7) is 9.67. The zero-order valence-electron chi connectivity index (χ0n) is 19.3. The molecule has 0 bridgehead atoms. The van der Waals surface area contributed by atoms with Crippen LogP contribution in [-0.2, 0) is 28.2 Å². The Morgan fingerprint density at radius 3 is 2.34 bits per heavy atom. The predicted octanol–water partition coefficient (Wildman–Crippen LogP) is 4.33. The van der Waals surface area contributed by atoms with Crippen molar-refractivity contribution in [2.45, 2.75) is 58.3 Å². The standard InChI is InChI=1S/C25H33N3O4/c1-24(2,3)32-23(31)27-14-8-13-26-21-12-11-18-16-28(17-19(18)15-21)25(4,22(29)30)20-9-6-5-7-10-20/h5-7,9-12,15,26H,8,13-14,16-17H2,1-4H3,(H,27,31)(H,29,30)/t25-/m0/s1. The quantitative estimate of drug-likeness (QED) is 0.531. The van der Waals surface area contributed by atoms with Gasteiger partial charge < -0.3 is 20.5 Å². The smallest absolute Gasteiger partial charge is 0.407 e. The number of nitrogens with zero attached hydrogens (tertiary/aromatic N) is 1. The molecule has 7 nitrogen and oxygen atoms in total. The van der Waals surface area contributed by atoms with Gasteiger partial charge in [-0.15, -0.1) is 0 Å². The maximum Gasteiger partial charge on any atom is 0.407 e. The third-order valence-electron chi connectivity index (χ3n) is 5.66. The normalized spacial score (nSPS) is 15.5. The zero-order chi connectivity index (χ0) is 23.4. The average molecular weight is 440 g/mol. The average Bonchev–Trinajstić information content (AvgIpc) is 3.16. The number of benzene rings is 2. The Morgan fingerprint density at radius 2 is 1.69 bits per heavy atom. The van der Waals surface area contributed by atoms with Crippen LogP contribution in [0.1, 0.15) is 50.8 Å². The second-order valence-electron chi connectivity index (χ2n) is 9.29. The van der Waals surface area contributed by atoms with E-state index in [1.54, 1.807) is 6.92 Å². The second-order valence-corrected chi connectivity index (χ2v) is 9.29. The van der Waals surface area contributed by atoms with Crippen LogP contribution in [0.3, 0.4) is 0 Å². The summed E-state index contributed by atoms with van der Waals surface area (Å²) in [7, 11) is 0. The van der Waals surface area contributed by atoms with Crippen molar-refractivity contribution in [3.63, 3.8) is 0 Å². The van der Waals surface area contributed by atoms with Crippen LogP contribution < -0.4 is 10.6 Å². The number of fused-ring (bicyclic) bond motifs is 1. The van der Waals surface area contributed by atoms with E-state index in [2.05, 4.69) is 22.8 Å². The number of amides is 1. The minimum atomic E-state index is -1.10. The molecule has 1 aliphatic rings. The fraction of sp³-hybridized carbons (Fsp3) is 0.440. The van der Waals surface area contributed by atoms with Crippen molar-refractivity contribution in [3.05, 3.63) is 65.2 Å². The van der Waals surface area contributed by atoms with Crippen molar-refractivity contribution in [2.75, 3.05) is 18.4 Å². The van der Waals surface area contributed by atoms with E-state index in [4.69, 9.17) is 4.74 Å². The van der Waals surface area contributed by atoms with Crippen molar-refractivity contribution in [1.29, 1.82) is 0 Å². The summed E-state index contributed by atoms with van der Waals surface area (Å²) in [6.07, 6.45) is 0.350. The molecule has 0 aliphatic carbocycles. The zero-order valence-corrected chi connectivity index (χ0v) is 19.3. The molecule has 7 heteroatoms. The van der Waals surface area contributed by atoms with Gasteiger partial charge in [0.05, 0.1) is 0 Å². The number of alkyl carbamates (subject to hydrolysis) is 1. The van der Waals surface area contributed by atoms with E-state index in [9.17, 15) is 14.7 Å². The maximum absolute atomic E-state index is 12.3. The van der Waals surface area contributed by atoms with Gasteiger partial charge in [0.25, 0.3) is 0 Å². The lowest BCUT2D eigenvalue weighted by Crippen LogP contribution is -2.47. The Morgan fingerprint density at radius 1 is 1.00 bits per heavy atom. The number of carboxylic acids is 1. The number of hydrogen-bond donors (Lipinski definition) is 3. The molecule has 0 saturated carbocycles. The lowest BCUT2D eigenvalue weighted by Gasteiger charge is -2.35. The molecule has 0 saturated heterocycles. The Hall–Kier alpha value is -3.06. The van der Waals surface area contributed by atoms with Gasteiger partial charge in [0.2, 0.25) is 0 Å². The van der Waals surface area contributed by atoms with E-state index in [0.717, 1.165) is 28.8 Å². The first-order chi connectivity index (χ1) is 15.1. The summed E-state index contributed by atoms with van der Waals surface area (Å²) in [5.74, 6) is -0.854. The first-order valence-electron chi connectivity index (χ1n) is 11.0. The minimum absolute atomic E-state index is 0.407. The van der Waals surface area contributed by atoms with Gasteiger partial charge in [0.15, 0.2) is 0 Å². The number of ether oxygens (including phenoxy) is 1. The minimum Gasteiger partial charge on any atom is -0.480 e. The van der Waals surface area contributed by atoms with Crippen molar-refractivity contribution < 1.29 is 19.4 Å². The Kier molecular flexibility index (Phi) is 7.09. The third kappa shape index (κ3) is 5.59. The van der Waals surface area contributed by atoms with Gasteiger partial charge >= 0.3 is 12.1 Å². The first kappa shape index (κ1) is 23.6. The van der Waals surface area contributed by atoms with Crippen LogP contribution in [0.4, 0.5) is 10.5 Å². The van der Waals surface area contributed by atoms with Crippen LogP contribution in [0.2, 0.25) is 0 Å². The number of carbonyl (C=O) groups excluding carboxylic acids is 1. The van der Waals surface area contributed by atoms with Gasteiger partial charge in [-0.05, 0) is 62.9 Å². The molecule has 1 heterocycles. The van der Waals surface area contributed by atoms with E-state index < -0.39 is 23.2 Å². The van der Waals surface area contributed by atoms with Gasteiger partial charge in [-0.1, -0.05) is 36.4 Å². The highest BCUT2D eigenvalue weighted by Gasteiger charge is 2.43. The number of carbonyl (C=O) groups is 2. The highest BCUT2D eigenvalue weighted by molar-refractivity contribution is 5.80. The van der Waals surface area contributed by atoms with Gasteiger partial charge in [0.1, 0.15) is 11.1 Å². The molecular weight excluding hydrogens is 406 g/mol. The number of aliphatic carboxylic acids is 1. The molecule has 0 spiro atoms. The van der Waals surface area contributed by atoms with Crippen LogP contribution in [-0.4, -0.2) is 40.8 Å². The molecule has 2 aromatic carbocycles. The molecular formula is C25H33N3O4. The monoisotopic (exact) mass is 439 g/mol. The molecule has 2 aromatic rings. The predicted molar refractivity (Wildman–Crippen MR) is 124 cm³/mol. The molecule has 0 unspecified atom stereocenters. The van der Waals surface area contributed by atoms with Gasteiger partial charge in [-0.2, -0.15) is 0 Å². The fourth-order valence-corrected chi connectivity index (χ4v) is 3.85. The molecule has 3 N–H and O–H groups in total. The maximum atomic E-state index is 12.3. The molecule has 32 heavy (non-hydrogen) atoms. The molecule has 0 fully saturated rings. The highest BCUT2D eigenvalue weighted by atomic mass is 16.6. The lowest BCUT2D eigenvalue weighted by molar-refractivity contribution is -0.152. The van der Waals surface area contributed by atoms with Crippen molar-refractivity contribution in [2.24, 2.45) is 0 Å². The Bertz CT molecular complexity index is 955. The van der Waals surface area contributed by atoms with Crippen LogP contribution in [0.25, 0.3) is 0 Å². The molecule has 0 radical (unpaired) electrons. The summed E-state index contributed by atoms with van der Waals surface area (Å²) >= 11 is 0. The molecule has 172 valence electrons. The number of nitrogens with one attached hydrogen (secondary N) is 2. The van der Waals surface area contributed by atoms with Crippen molar-refractivity contribution in [1.82, 2.24) is 10.2 Å². The van der Waals surface area contributed by atoms with E-state index in [0.29, 0.717) is 26.2 Å². The Balaban J connectivity index is 1.55. The molecule has 1 amide bonds. The number of carboxylic acid groups (broad SMARTS) is 1. The van der Waals surface area contributed by atoms with Crippen molar-refractivity contribution >= 4 is 17.7 Å². The fourth-order valence-electron chi connectivity index (χ4n) is 3.85. The van der Waals surface area contributed by atoms with Gasteiger partial charge in [0, 0.05) is 31.9 Å². The lowest BCUT2D eigenvalue weighted by atomic mass is 9.90.